The molecule has 0 spiro atoms. The van der Waals surface area contributed by atoms with Crippen LogP contribution >= 0.6 is 0 Å². The first kappa shape index (κ1) is 19.8. The molecule has 1 N–H and O–H groups in total. The van der Waals surface area contributed by atoms with Gasteiger partial charge >= 0.3 is 0 Å². The second kappa shape index (κ2) is 8.84. The van der Waals surface area contributed by atoms with Gasteiger partial charge in [0.15, 0.2) is 5.82 Å². The van der Waals surface area contributed by atoms with Gasteiger partial charge in [-0.05, 0) is 37.0 Å². The van der Waals surface area contributed by atoms with E-state index in [9.17, 15) is 8.42 Å². The SMILES string of the molecule is CC(C)Cc1noc(CNc2cccc(S(=O)(=O)N3CCCCCC3)c2)n1. The number of benzene rings is 1. The van der Waals surface area contributed by atoms with Gasteiger partial charge in [-0.1, -0.05) is 37.9 Å². The Morgan fingerprint density at radius 1 is 1.19 bits per heavy atom. The van der Waals surface area contributed by atoms with Crippen molar-refractivity contribution in [1.29, 1.82) is 0 Å². The van der Waals surface area contributed by atoms with Crippen LogP contribution in [-0.4, -0.2) is 36.0 Å². The molecule has 1 aromatic carbocycles. The van der Waals surface area contributed by atoms with Gasteiger partial charge in [-0.25, -0.2) is 8.42 Å². The van der Waals surface area contributed by atoms with Crippen LogP contribution in [0.2, 0.25) is 0 Å². The van der Waals surface area contributed by atoms with Crippen molar-refractivity contribution in [3.05, 3.63) is 36.0 Å². The zero-order chi connectivity index (χ0) is 19.3. The summed E-state index contributed by atoms with van der Waals surface area (Å²) in [6.45, 7) is 5.76. The van der Waals surface area contributed by atoms with E-state index in [1.165, 1.54) is 0 Å². The highest BCUT2D eigenvalue weighted by Crippen LogP contribution is 2.23. The molecule has 1 saturated heterocycles. The van der Waals surface area contributed by atoms with Gasteiger partial charge in [-0.2, -0.15) is 9.29 Å². The smallest absolute Gasteiger partial charge is 0.245 e. The fourth-order valence-corrected chi connectivity index (χ4v) is 4.75. The van der Waals surface area contributed by atoms with Crippen molar-refractivity contribution in [3.8, 4) is 0 Å². The predicted octanol–water partition coefficient (Wildman–Crippen LogP) is 3.44. The van der Waals surface area contributed by atoms with Crippen molar-refractivity contribution in [2.75, 3.05) is 18.4 Å². The molecule has 8 heteroatoms. The maximum Gasteiger partial charge on any atom is 0.245 e. The number of nitrogens with zero attached hydrogens (tertiary/aromatic N) is 3. The van der Waals surface area contributed by atoms with Gasteiger partial charge in [0.25, 0.3) is 0 Å². The molecule has 0 radical (unpaired) electrons. The Kier molecular flexibility index (Phi) is 6.49. The van der Waals surface area contributed by atoms with Crippen LogP contribution in [0.25, 0.3) is 0 Å². The van der Waals surface area contributed by atoms with E-state index < -0.39 is 10.0 Å². The van der Waals surface area contributed by atoms with E-state index in [0.717, 1.165) is 37.8 Å². The minimum Gasteiger partial charge on any atom is -0.376 e. The number of aromatic nitrogens is 2. The van der Waals surface area contributed by atoms with Crippen LogP contribution in [-0.2, 0) is 23.0 Å². The van der Waals surface area contributed by atoms with E-state index in [2.05, 4.69) is 29.3 Å². The quantitative estimate of drug-likeness (QED) is 0.776. The number of hydrogen-bond donors (Lipinski definition) is 1. The van der Waals surface area contributed by atoms with Crippen molar-refractivity contribution in [1.82, 2.24) is 14.4 Å². The molecule has 1 aliphatic heterocycles. The summed E-state index contributed by atoms with van der Waals surface area (Å²) in [5, 5.41) is 7.14. The van der Waals surface area contributed by atoms with Crippen LogP contribution < -0.4 is 5.32 Å². The number of anilines is 1. The second-order valence-electron chi connectivity index (χ2n) is 7.40. The van der Waals surface area contributed by atoms with E-state index in [0.29, 0.717) is 42.2 Å². The Morgan fingerprint density at radius 2 is 1.93 bits per heavy atom. The molecule has 1 aromatic heterocycles. The first-order chi connectivity index (χ1) is 12.9. The average Bonchev–Trinajstić information content (AvgIpc) is 2.90. The van der Waals surface area contributed by atoms with E-state index in [1.54, 1.807) is 22.5 Å². The van der Waals surface area contributed by atoms with Gasteiger partial charge in [0.2, 0.25) is 15.9 Å². The van der Waals surface area contributed by atoms with Crippen LogP contribution in [0.3, 0.4) is 0 Å². The first-order valence-corrected chi connectivity index (χ1v) is 11.0. The van der Waals surface area contributed by atoms with Gasteiger partial charge < -0.3 is 9.84 Å². The average molecular weight is 393 g/mol. The zero-order valence-corrected chi connectivity index (χ0v) is 16.8. The largest absolute Gasteiger partial charge is 0.376 e. The molecular weight excluding hydrogens is 364 g/mol. The third-order valence-corrected chi connectivity index (χ3v) is 6.48. The Labute approximate surface area is 161 Å². The summed E-state index contributed by atoms with van der Waals surface area (Å²) in [7, 11) is -3.46. The highest BCUT2D eigenvalue weighted by molar-refractivity contribution is 7.89. The third kappa shape index (κ3) is 5.29. The maximum absolute atomic E-state index is 12.9. The molecule has 1 aliphatic rings. The summed E-state index contributed by atoms with van der Waals surface area (Å²) >= 11 is 0. The lowest BCUT2D eigenvalue weighted by Crippen LogP contribution is -2.31. The van der Waals surface area contributed by atoms with Gasteiger partial charge in [0.1, 0.15) is 0 Å². The molecular formula is C19H28N4O3S. The van der Waals surface area contributed by atoms with Crippen molar-refractivity contribution in [3.63, 3.8) is 0 Å². The van der Waals surface area contributed by atoms with E-state index in [-0.39, 0.29) is 0 Å². The standard InChI is InChI=1S/C19H28N4O3S/c1-15(2)12-18-21-19(26-22-18)14-20-16-8-7-9-17(13-16)27(24,25)23-10-5-3-4-6-11-23/h7-9,13,15,20H,3-6,10-12,14H2,1-2H3. The molecule has 2 heterocycles. The van der Waals surface area contributed by atoms with E-state index in [1.807, 2.05) is 6.07 Å². The summed E-state index contributed by atoms with van der Waals surface area (Å²) in [6.07, 6.45) is 4.81. The zero-order valence-electron chi connectivity index (χ0n) is 16.0. The van der Waals surface area contributed by atoms with Crippen LogP contribution in [0, 0.1) is 5.92 Å². The molecule has 0 unspecified atom stereocenters. The number of nitrogens with one attached hydrogen (secondary N) is 1. The topological polar surface area (TPSA) is 88.3 Å². The van der Waals surface area contributed by atoms with Crippen molar-refractivity contribution in [2.45, 2.75) is 57.4 Å². The fraction of sp³-hybridized carbons (Fsp3) is 0.579. The summed E-state index contributed by atoms with van der Waals surface area (Å²) in [4.78, 5) is 4.67. The highest BCUT2D eigenvalue weighted by Gasteiger charge is 2.25. The molecule has 27 heavy (non-hydrogen) atoms. The second-order valence-corrected chi connectivity index (χ2v) is 9.34. The van der Waals surface area contributed by atoms with Gasteiger partial charge in [0.05, 0.1) is 11.4 Å². The van der Waals surface area contributed by atoms with Crippen molar-refractivity contribution in [2.24, 2.45) is 5.92 Å². The lowest BCUT2D eigenvalue weighted by atomic mass is 10.1. The highest BCUT2D eigenvalue weighted by atomic mass is 32.2. The Balaban J connectivity index is 1.67. The molecule has 1 fully saturated rings. The molecule has 0 saturated carbocycles. The van der Waals surface area contributed by atoms with Gasteiger partial charge in [0, 0.05) is 25.2 Å². The van der Waals surface area contributed by atoms with Crippen molar-refractivity contribution >= 4 is 15.7 Å². The van der Waals surface area contributed by atoms with Crippen LogP contribution in [0.5, 0.6) is 0 Å². The third-order valence-electron chi connectivity index (χ3n) is 4.58. The monoisotopic (exact) mass is 392 g/mol. The number of rotatable bonds is 7. The van der Waals surface area contributed by atoms with E-state index >= 15 is 0 Å². The molecule has 0 aliphatic carbocycles. The Morgan fingerprint density at radius 3 is 2.63 bits per heavy atom. The molecule has 148 valence electrons. The van der Waals surface area contributed by atoms with Gasteiger partial charge in [-0.15, -0.1) is 0 Å². The van der Waals surface area contributed by atoms with Crippen LogP contribution in [0.15, 0.2) is 33.7 Å². The fourth-order valence-electron chi connectivity index (χ4n) is 3.19. The summed E-state index contributed by atoms with van der Waals surface area (Å²) in [5.74, 6) is 1.65. The molecule has 0 bridgehead atoms. The molecule has 0 atom stereocenters. The van der Waals surface area contributed by atoms with Crippen molar-refractivity contribution < 1.29 is 12.9 Å². The maximum atomic E-state index is 12.9. The predicted molar refractivity (Wildman–Crippen MR) is 104 cm³/mol. The van der Waals surface area contributed by atoms with E-state index in [4.69, 9.17) is 4.52 Å². The van der Waals surface area contributed by atoms with Gasteiger partial charge in [-0.3, -0.25) is 0 Å². The van der Waals surface area contributed by atoms with Crippen LogP contribution in [0.1, 0.15) is 51.2 Å². The first-order valence-electron chi connectivity index (χ1n) is 9.60. The summed E-state index contributed by atoms with van der Waals surface area (Å²) in [6, 6.07) is 6.92. The lowest BCUT2D eigenvalue weighted by molar-refractivity contribution is 0.375. The summed E-state index contributed by atoms with van der Waals surface area (Å²) < 4.78 is 32.7. The molecule has 2 aromatic rings. The lowest BCUT2D eigenvalue weighted by Gasteiger charge is -2.20. The summed E-state index contributed by atoms with van der Waals surface area (Å²) in [5.41, 5.74) is 0.717. The molecule has 7 nitrogen and oxygen atoms in total. The normalized spacial score (nSPS) is 16.4. The molecule has 0 amide bonds. The Bertz CT molecular complexity index is 840. The number of sulfonamides is 1. The molecule has 3 rings (SSSR count). The van der Waals surface area contributed by atoms with Crippen LogP contribution in [0.4, 0.5) is 5.69 Å². The minimum absolute atomic E-state index is 0.320. The Hall–Kier alpha value is -1.93. The number of hydrogen-bond acceptors (Lipinski definition) is 6. The minimum atomic E-state index is -3.46.